The minimum absolute atomic E-state index is 0.0179. The van der Waals surface area contributed by atoms with Gasteiger partial charge in [0.05, 0.1) is 16.1 Å². The molecule has 2 rings (SSSR count). The Kier molecular flexibility index (Phi) is 6.11. The molecule has 28 heavy (non-hydrogen) atoms. The standard InChI is InChI=1S/C17H11N5O6/c18-9-12(6-11-2-1-3-14(7-11)21(25)26)17(24)20-19-10-13-8-15(22(27)28)4-5-16(13)23/h1-8,10,23H,(H,20,24). The molecule has 2 aromatic rings. The molecule has 11 nitrogen and oxygen atoms in total. The van der Waals surface area contributed by atoms with Crippen molar-refractivity contribution in [1.82, 2.24) is 5.43 Å². The Morgan fingerprint density at radius 1 is 1.14 bits per heavy atom. The number of nitro groups is 2. The molecule has 0 heterocycles. The summed E-state index contributed by atoms with van der Waals surface area (Å²) >= 11 is 0. The van der Waals surface area contributed by atoms with Gasteiger partial charge in [-0.2, -0.15) is 10.4 Å². The molecule has 0 radical (unpaired) electrons. The zero-order chi connectivity index (χ0) is 20.7. The van der Waals surface area contributed by atoms with Gasteiger partial charge in [0.2, 0.25) is 0 Å². The number of amides is 1. The lowest BCUT2D eigenvalue weighted by molar-refractivity contribution is -0.385. The van der Waals surface area contributed by atoms with E-state index in [1.807, 2.05) is 5.43 Å². The van der Waals surface area contributed by atoms with Gasteiger partial charge in [-0.15, -0.1) is 0 Å². The fourth-order valence-corrected chi connectivity index (χ4v) is 2.02. The first-order valence-electron chi connectivity index (χ1n) is 7.49. The summed E-state index contributed by atoms with van der Waals surface area (Å²) in [4.78, 5) is 32.3. The van der Waals surface area contributed by atoms with Crippen LogP contribution in [0.5, 0.6) is 5.75 Å². The molecule has 0 spiro atoms. The van der Waals surface area contributed by atoms with Crippen molar-refractivity contribution in [3.05, 3.63) is 79.4 Å². The van der Waals surface area contributed by atoms with Crippen LogP contribution in [0.1, 0.15) is 11.1 Å². The third-order valence-corrected chi connectivity index (χ3v) is 3.35. The molecule has 0 atom stereocenters. The Morgan fingerprint density at radius 2 is 1.82 bits per heavy atom. The maximum absolute atomic E-state index is 12.0. The smallest absolute Gasteiger partial charge is 0.282 e. The second-order valence-electron chi connectivity index (χ2n) is 5.22. The van der Waals surface area contributed by atoms with Crippen LogP contribution in [0, 0.1) is 31.6 Å². The molecule has 0 saturated heterocycles. The third kappa shape index (κ3) is 4.96. The number of phenolic OH excluding ortho intramolecular Hbond substituents is 1. The summed E-state index contributed by atoms with van der Waals surface area (Å²) in [6.07, 6.45) is 2.12. The van der Waals surface area contributed by atoms with E-state index in [0.29, 0.717) is 0 Å². The van der Waals surface area contributed by atoms with Gasteiger partial charge in [-0.25, -0.2) is 5.43 Å². The number of non-ortho nitro benzene ring substituents is 2. The number of hydrogen-bond donors (Lipinski definition) is 2. The molecule has 2 aromatic carbocycles. The highest BCUT2D eigenvalue weighted by Gasteiger charge is 2.11. The average molecular weight is 381 g/mol. The van der Waals surface area contributed by atoms with Crippen LogP contribution >= 0.6 is 0 Å². The van der Waals surface area contributed by atoms with Gasteiger partial charge in [-0.1, -0.05) is 12.1 Å². The minimum atomic E-state index is -0.907. The first kappa shape index (κ1) is 19.7. The van der Waals surface area contributed by atoms with Gasteiger partial charge < -0.3 is 5.11 Å². The SMILES string of the molecule is N#CC(=Cc1cccc([N+](=O)[O-])c1)C(=O)NN=Cc1cc([N+](=O)[O-])ccc1O. The second kappa shape index (κ2) is 8.68. The molecular weight excluding hydrogens is 370 g/mol. The monoisotopic (exact) mass is 381 g/mol. The number of nitriles is 1. The van der Waals surface area contributed by atoms with E-state index < -0.39 is 15.8 Å². The highest BCUT2D eigenvalue weighted by molar-refractivity contribution is 6.02. The summed E-state index contributed by atoms with van der Waals surface area (Å²) in [5.41, 5.74) is 1.43. The fraction of sp³-hybridized carbons (Fsp3) is 0. The molecular formula is C17H11N5O6. The summed E-state index contributed by atoms with van der Waals surface area (Å²) in [5, 5.41) is 43.8. The molecule has 0 aromatic heterocycles. The number of hydrazone groups is 1. The molecule has 0 aliphatic carbocycles. The van der Waals surface area contributed by atoms with Crippen LogP contribution in [-0.2, 0) is 4.79 Å². The van der Waals surface area contributed by atoms with E-state index >= 15 is 0 Å². The summed E-state index contributed by atoms with van der Waals surface area (Å²) in [5.74, 6) is -1.20. The second-order valence-corrected chi connectivity index (χ2v) is 5.22. The number of benzene rings is 2. The zero-order valence-corrected chi connectivity index (χ0v) is 14.0. The Morgan fingerprint density at radius 3 is 2.46 bits per heavy atom. The topological polar surface area (TPSA) is 172 Å². The molecule has 0 aliphatic rings. The van der Waals surface area contributed by atoms with Crippen LogP contribution in [0.2, 0.25) is 0 Å². The minimum Gasteiger partial charge on any atom is -0.507 e. The number of rotatable bonds is 6. The van der Waals surface area contributed by atoms with Crippen LogP contribution in [0.4, 0.5) is 11.4 Å². The fourth-order valence-electron chi connectivity index (χ4n) is 2.02. The van der Waals surface area contributed by atoms with Crippen molar-refractivity contribution < 1.29 is 19.7 Å². The molecule has 1 amide bonds. The number of nitro benzene ring substituents is 2. The number of aromatic hydroxyl groups is 1. The summed E-state index contributed by atoms with van der Waals surface area (Å²) < 4.78 is 0. The molecule has 11 heteroatoms. The van der Waals surface area contributed by atoms with Crippen LogP contribution in [0.15, 0.2) is 53.1 Å². The maximum Gasteiger partial charge on any atom is 0.282 e. The molecule has 0 bridgehead atoms. The van der Waals surface area contributed by atoms with Gasteiger partial charge in [0.1, 0.15) is 17.4 Å². The summed E-state index contributed by atoms with van der Waals surface area (Å²) in [6, 6.07) is 10.2. The van der Waals surface area contributed by atoms with Crippen molar-refractivity contribution in [1.29, 1.82) is 5.26 Å². The number of nitrogens with zero attached hydrogens (tertiary/aromatic N) is 4. The average Bonchev–Trinajstić information content (AvgIpc) is 2.67. The van der Waals surface area contributed by atoms with E-state index in [1.165, 1.54) is 24.3 Å². The molecule has 0 saturated carbocycles. The number of carbonyl (C=O) groups is 1. The van der Waals surface area contributed by atoms with E-state index in [-0.39, 0.29) is 33.8 Å². The van der Waals surface area contributed by atoms with Crippen molar-refractivity contribution in [2.75, 3.05) is 0 Å². The molecule has 0 unspecified atom stereocenters. The predicted molar refractivity (Wildman–Crippen MR) is 97.2 cm³/mol. The first-order valence-corrected chi connectivity index (χ1v) is 7.49. The lowest BCUT2D eigenvalue weighted by atomic mass is 10.1. The Labute approximate surface area is 157 Å². The van der Waals surface area contributed by atoms with E-state index in [9.17, 15) is 30.1 Å². The molecule has 140 valence electrons. The van der Waals surface area contributed by atoms with E-state index in [2.05, 4.69) is 5.10 Å². The van der Waals surface area contributed by atoms with Crippen LogP contribution < -0.4 is 5.43 Å². The molecule has 2 N–H and O–H groups in total. The number of nitrogens with one attached hydrogen (secondary N) is 1. The third-order valence-electron chi connectivity index (χ3n) is 3.35. The van der Waals surface area contributed by atoms with Crippen molar-refractivity contribution in [2.45, 2.75) is 0 Å². The number of carbonyl (C=O) groups excluding carboxylic acids is 1. The highest BCUT2D eigenvalue weighted by atomic mass is 16.6. The Balaban J connectivity index is 2.17. The van der Waals surface area contributed by atoms with E-state index in [0.717, 1.165) is 30.5 Å². The van der Waals surface area contributed by atoms with Crippen LogP contribution in [0.25, 0.3) is 6.08 Å². The lowest BCUT2D eigenvalue weighted by Crippen LogP contribution is -2.19. The Hall–Kier alpha value is -4.59. The summed E-state index contributed by atoms with van der Waals surface area (Å²) in [7, 11) is 0. The van der Waals surface area contributed by atoms with E-state index in [1.54, 1.807) is 6.07 Å². The predicted octanol–water partition coefficient (Wildman–Crippen LogP) is 2.27. The van der Waals surface area contributed by atoms with Gasteiger partial charge >= 0.3 is 0 Å². The first-order chi connectivity index (χ1) is 13.3. The molecule has 0 aliphatic heterocycles. The largest absolute Gasteiger partial charge is 0.507 e. The van der Waals surface area contributed by atoms with Crippen molar-refractivity contribution in [3.8, 4) is 11.8 Å². The van der Waals surface area contributed by atoms with Gasteiger partial charge in [-0.3, -0.25) is 25.0 Å². The number of phenols is 1. The van der Waals surface area contributed by atoms with Crippen molar-refractivity contribution >= 4 is 29.6 Å². The maximum atomic E-state index is 12.0. The van der Waals surface area contributed by atoms with Gasteiger partial charge in [0, 0.05) is 29.8 Å². The van der Waals surface area contributed by atoms with Crippen molar-refractivity contribution in [3.63, 3.8) is 0 Å². The van der Waals surface area contributed by atoms with Gasteiger partial charge in [0.25, 0.3) is 17.3 Å². The summed E-state index contributed by atoms with van der Waals surface area (Å²) in [6.45, 7) is 0. The van der Waals surface area contributed by atoms with Gasteiger partial charge in [-0.05, 0) is 17.7 Å². The van der Waals surface area contributed by atoms with Gasteiger partial charge in [0.15, 0.2) is 0 Å². The highest BCUT2D eigenvalue weighted by Crippen LogP contribution is 2.21. The van der Waals surface area contributed by atoms with E-state index in [4.69, 9.17) is 5.26 Å². The molecule has 0 fully saturated rings. The van der Waals surface area contributed by atoms with Crippen LogP contribution in [0.3, 0.4) is 0 Å². The lowest BCUT2D eigenvalue weighted by Gasteiger charge is -2.00. The zero-order valence-electron chi connectivity index (χ0n) is 14.0. The Bertz CT molecular complexity index is 1050. The quantitative estimate of drug-likeness (QED) is 0.254. The van der Waals surface area contributed by atoms with Crippen molar-refractivity contribution in [2.24, 2.45) is 5.10 Å². The number of hydrogen-bond acceptors (Lipinski definition) is 8. The van der Waals surface area contributed by atoms with Crippen LogP contribution in [-0.4, -0.2) is 27.1 Å². The normalized spacial score (nSPS) is 11.0.